The summed E-state index contributed by atoms with van der Waals surface area (Å²) >= 11 is 18.0. The standard InChI is InChI=1S/C12H16Cl3N/c1-7(2)4-8(3)16-12-10(14)5-9(13)6-11(12)15/h5-8,16H,4H2,1-3H3. The van der Waals surface area contributed by atoms with E-state index in [0.29, 0.717) is 27.0 Å². The lowest BCUT2D eigenvalue weighted by Crippen LogP contribution is -2.17. The highest BCUT2D eigenvalue weighted by Crippen LogP contribution is 2.34. The molecule has 0 radical (unpaired) electrons. The van der Waals surface area contributed by atoms with E-state index in [0.717, 1.165) is 12.1 Å². The number of hydrogen-bond donors (Lipinski definition) is 1. The van der Waals surface area contributed by atoms with Crippen LogP contribution in [0.15, 0.2) is 12.1 Å². The van der Waals surface area contributed by atoms with E-state index in [4.69, 9.17) is 34.8 Å². The SMILES string of the molecule is CC(C)CC(C)Nc1c(Cl)cc(Cl)cc1Cl. The van der Waals surface area contributed by atoms with Crippen molar-refractivity contribution >= 4 is 40.5 Å². The van der Waals surface area contributed by atoms with Gasteiger partial charge in [0.1, 0.15) is 0 Å². The van der Waals surface area contributed by atoms with Crippen LogP contribution in [-0.2, 0) is 0 Å². The molecule has 0 saturated heterocycles. The molecule has 0 saturated carbocycles. The Labute approximate surface area is 112 Å². The van der Waals surface area contributed by atoms with Gasteiger partial charge < -0.3 is 5.32 Å². The van der Waals surface area contributed by atoms with Gasteiger partial charge in [-0.2, -0.15) is 0 Å². The Kier molecular flexibility index (Phi) is 5.23. The van der Waals surface area contributed by atoms with Crippen LogP contribution in [0.3, 0.4) is 0 Å². The molecular formula is C12H16Cl3N. The third-order valence-electron chi connectivity index (χ3n) is 2.22. The fourth-order valence-electron chi connectivity index (χ4n) is 1.69. The summed E-state index contributed by atoms with van der Waals surface area (Å²) < 4.78 is 0. The summed E-state index contributed by atoms with van der Waals surface area (Å²) in [4.78, 5) is 0. The van der Waals surface area contributed by atoms with Crippen LogP contribution in [0.4, 0.5) is 5.69 Å². The molecule has 0 aromatic heterocycles. The smallest absolute Gasteiger partial charge is 0.0722 e. The van der Waals surface area contributed by atoms with Gasteiger partial charge in [0.15, 0.2) is 0 Å². The zero-order valence-corrected chi connectivity index (χ0v) is 11.9. The van der Waals surface area contributed by atoms with Gasteiger partial charge in [-0.3, -0.25) is 0 Å². The van der Waals surface area contributed by atoms with Gasteiger partial charge in [-0.05, 0) is 31.4 Å². The number of anilines is 1. The maximum atomic E-state index is 6.08. The van der Waals surface area contributed by atoms with Crippen molar-refractivity contribution in [1.82, 2.24) is 0 Å². The summed E-state index contributed by atoms with van der Waals surface area (Å²) in [6.45, 7) is 6.48. The topological polar surface area (TPSA) is 12.0 Å². The van der Waals surface area contributed by atoms with Gasteiger partial charge in [-0.1, -0.05) is 48.7 Å². The molecule has 0 fully saturated rings. The van der Waals surface area contributed by atoms with Crippen molar-refractivity contribution in [2.45, 2.75) is 33.2 Å². The van der Waals surface area contributed by atoms with Crippen molar-refractivity contribution in [2.24, 2.45) is 5.92 Å². The minimum atomic E-state index is 0.330. The molecule has 1 aromatic carbocycles. The zero-order chi connectivity index (χ0) is 12.3. The molecule has 1 rings (SSSR count). The zero-order valence-electron chi connectivity index (χ0n) is 9.65. The molecule has 16 heavy (non-hydrogen) atoms. The summed E-state index contributed by atoms with van der Waals surface area (Å²) in [7, 11) is 0. The molecule has 0 amide bonds. The quantitative estimate of drug-likeness (QED) is 0.768. The monoisotopic (exact) mass is 279 g/mol. The van der Waals surface area contributed by atoms with Gasteiger partial charge in [0.05, 0.1) is 15.7 Å². The molecule has 1 unspecified atom stereocenters. The highest BCUT2D eigenvalue weighted by Gasteiger charge is 2.11. The Morgan fingerprint density at radius 3 is 2.00 bits per heavy atom. The molecule has 0 aliphatic heterocycles. The fraction of sp³-hybridized carbons (Fsp3) is 0.500. The van der Waals surface area contributed by atoms with E-state index in [1.54, 1.807) is 12.1 Å². The second-order valence-corrected chi connectivity index (χ2v) is 5.67. The molecule has 0 heterocycles. The van der Waals surface area contributed by atoms with Crippen molar-refractivity contribution < 1.29 is 0 Å². The molecule has 1 atom stereocenters. The molecule has 1 nitrogen and oxygen atoms in total. The van der Waals surface area contributed by atoms with Gasteiger partial charge in [-0.25, -0.2) is 0 Å². The lowest BCUT2D eigenvalue weighted by atomic mass is 10.1. The number of rotatable bonds is 4. The largest absolute Gasteiger partial charge is 0.380 e. The molecule has 0 spiro atoms. The Hall–Kier alpha value is -0.110. The van der Waals surface area contributed by atoms with Crippen LogP contribution in [0.1, 0.15) is 27.2 Å². The maximum absolute atomic E-state index is 6.08. The van der Waals surface area contributed by atoms with Crippen molar-refractivity contribution in [3.05, 3.63) is 27.2 Å². The van der Waals surface area contributed by atoms with E-state index in [2.05, 4.69) is 26.1 Å². The minimum Gasteiger partial charge on any atom is -0.380 e. The van der Waals surface area contributed by atoms with Crippen LogP contribution in [0, 0.1) is 5.92 Å². The Morgan fingerprint density at radius 1 is 1.06 bits per heavy atom. The summed E-state index contributed by atoms with van der Waals surface area (Å²) in [5, 5.41) is 4.99. The van der Waals surface area contributed by atoms with Crippen LogP contribution in [0.5, 0.6) is 0 Å². The summed E-state index contributed by atoms with van der Waals surface area (Å²) in [5.41, 5.74) is 0.765. The number of benzene rings is 1. The third-order valence-corrected chi connectivity index (χ3v) is 3.04. The highest BCUT2D eigenvalue weighted by molar-refractivity contribution is 6.41. The van der Waals surface area contributed by atoms with E-state index in [1.165, 1.54) is 0 Å². The lowest BCUT2D eigenvalue weighted by molar-refractivity contribution is 0.540. The molecule has 4 heteroatoms. The molecule has 1 aromatic rings. The van der Waals surface area contributed by atoms with Crippen molar-refractivity contribution in [2.75, 3.05) is 5.32 Å². The van der Waals surface area contributed by atoms with Gasteiger partial charge in [0, 0.05) is 11.1 Å². The molecule has 0 aliphatic rings. The van der Waals surface area contributed by atoms with Crippen LogP contribution in [0.2, 0.25) is 15.1 Å². The molecule has 1 N–H and O–H groups in total. The maximum Gasteiger partial charge on any atom is 0.0722 e. The van der Waals surface area contributed by atoms with Crippen molar-refractivity contribution in [3.63, 3.8) is 0 Å². The fourth-order valence-corrected chi connectivity index (χ4v) is 2.62. The third kappa shape index (κ3) is 4.04. The summed E-state index contributed by atoms with van der Waals surface area (Å²) in [6.07, 6.45) is 1.06. The van der Waals surface area contributed by atoms with E-state index < -0.39 is 0 Å². The molecule has 0 bridgehead atoms. The van der Waals surface area contributed by atoms with E-state index in [1.807, 2.05) is 0 Å². The first kappa shape index (κ1) is 14.0. The van der Waals surface area contributed by atoms with Crippen LogP contribution in [0.25, 0.3) is 0 Å². The van der Waals surface area contributed by atoms with Gasteiger partial charge in [-0.15, -0.1) is 0 Å². The number of nitrogens with one attached hydrogen (secondary N) is 1. The Balaban J connectivity index is 2.81. The Bertz CT molecular complexity index is 340. The van der Waals surface area contributed by atoms with E-state index in [-0.39, 0.29) is 0 Å². The average Bonchev–Trinajstić information content (AvgIpc) is 2.09. The number of halogens is 3. The van der Waals surface area contributed by atoms with Gasteiger partial charge in [0.25, 0.3) is 0 Å². The normalized spacial score (nSPS) is 12.9. The average molecular weight is 281 g/mol. The van der Waals surface area contributed by atoms with Crippen molar-refractivity contribution in [3.8, 4) is 0 Å². The molecule has 90 valence electrons. The highest BCUT2D eigenvalue weighted by atomic mass is 35.5. The summed E-state index contributed by atoms with van der Waals surface area (Å²) in [6, 6.07) is 3.72. The van der Waals surface area contributed by atoms with Crippen LogP contribution < -0.4 is 5.32 Å². The van der Waals surface area contributed by atoms with Gasteiger partial charge >= 0.3 is 0 Å². The van der Waals surface area contributed by atoms with E-state index >= 15 is 0 Å². The second-order valence-electron chi connectivity index (χ2n) is 4.42. The first-order valence-electron chi connectivity index (χ1n) is 5.31. The molecular weight excluding hydrogens is 264 g/mol. The van der Waals surface area contributed by atoms with E-state index in [9.17, 15) is 0 Å². The number of hydrogen-bond acceptors (Lipinski definition) is 1. The van der Waals surface area contributed by atoms with Crippen LogP contribution in [-0.4, -0.2) is 6.04 Å². The minimum absolute atomic E-state index is 0.330. The van der Waals surface area contributed by atoms with Crippen LogP contribution >= 0.6 is 34.8 Å². The molecule has 0 aliphatic carbocycles. The van der Waals surface area contributed by atoms with Gasteiger partial charge in [0.2, 0.25) is 0 Å². The summed E-state index contributed by atoms with van der Waals surface area (Å²) in [5.74, 6) is 0.632. The second kappa shape index (κ2) is 6.00. The predicted octanol–water partition coefficient (Wildman–Crippen LogP) is 5.49. The first-order valence-corrected chi connectivity index (χ1v) is 6.44. The first-order chi connectivity index (χ1) is 7.40. The Morgan fingerprint density at radius 2 is 1.56 bits per heavy atom. The van der Waals surface area contributed by atoms with Crippen molar-refractivity contribution in [1.29, 1.82) is 0 Å². The lowest BCUT2D eigenvalue weighted by Gasteiger charge is -2.19. The predicted molar refractivity (Wildman–Crippen MR) is 74.0 cm³/mol.